The number of hydrogen-bond acceptors (Lipinski definition) is 3. The molecule has 0 bridgehead atoms. The number of nitrogens with two attached hydrogens (primary N) is 1. The van der Waals surface area contributed by atoms with Crippen molar-refractivity contribution in [3.8, 4) is 5.75 Å². The minimum atomic E-state index is -0.911. The van der Waals surface area contributed by atoms with Crippen molar-refractivity contribution in [3.05, 3.63) is 29.8 Å². The Morgan fingerprint density at radius 1 is 1.60 bits per heavy atom. The highest BCUT2D eigenvalue weighted by Crippen LogP contribution is 2.20. The molecule has 0 spiro atoms. The van der Waals surface area contributed by atoms with Crippen molar-refractivity contribution in [2.24, 2.45) is 5.73 Å². The largest absolute Gasteiger partial charge is 0.494 e. The zero-order valence-electron chi connectivity index (χ0n) is 8.64. The van der Waals surface area contributed by atoms with E-state index in [-0.39, 0.29) is 6.54 Å². The summed E-state index contributed by atoms with van der Waals surface area (Å²) in [6.07, 6.45) is 0. The molecule has 1 atom stereocenters. The van der Waals surface area contributed by atoms with Gasteiger partial charge in [-0.25, -0.2) is 0 Å². The van der Waals surface area contributed by atoms with E-state index < -0.39 is 11.9 Å². The highest BCUT2D eigenvalue weighted by molar-refractivity contribution is 5.76. The van der Waals surface area contributed by atoms with E-state index in [9.17, 15) is 4.79 Å². The Bertz CT molecular complexity index is 338. The van der Waals surface area contributed by atoms with Crippen LogP contribution in [0.2, 0.25) is 0 Å². The fourth-order valence-corrected chi connectivity index (χ4v) is 1.37. The number of carboxylic acid groups (broad SMARTS) is 1. The van der Waals surface area contributed by atoms with E-state index in [0.29, 0.717) is 17.9 Å². The van der Waals surface area contributed by atoms with Gasteiger partial charge in [-0.2, -0.15) is 0 Å². The molecule has 1 rings (SSSR count). The maximum absolute atomic E-state index is 10.9. The summed E-state index contributed by atoms with van der Waals surface area (Å²) in [5.74, 6) is -0.897. The molecule has 1 unspecified atom stereocenters. The van der Waals surface area contributed by atoms with E-state index in [2.05, 4.69) is 0 Å². The Labute approximate surface area is 88.7 Å². The maximum atomic E-state index is 10.9. The molecule has 0 saturated heterocycles. The topological polar surface area (TPSA) is 72.5 Å². The lowest BCUT2D eigenvalue weighted by molar-refractivity contribution is -0.138. The highest BCUT2D eigenvalue weighted by atomic mass is 16.5. The van der Waals surface area contributed by atoms with Crippen molar-refractivity contribution < 1.29 is 14.6 Å². The highest BCUT2D eigenvalue weighted by Gasteiger charge is 2.17. The van der Waals surface area contributed by atoms with Gasteiger partial charge in [-0.05, 0) is 24.6 Å². The van der Waals surface area contributed by atoms with Crippen LogP contribution in [0.5, 0.6) is 5.75 Å². The first-order valence-electron chi connectivity index (χ1n) is 4.84. The van der Waals surface area contributed by atoms with Crippen LogP contribution < -0.4 is 10.5 Å². The molecule has 0 heterocycles. The van der Waals surface area contributed by atoms with Crippen LogP contribution in [-0.4, -0.2) is 24.2 Å². The van der Waals surface area contributed by atoms with Crippen LogP contribution in [-0.2, 0) is 4.79 Å². The average molecular weight is 209 g/mol. The number of aliphatic carboxylic acids is 1. The lowest BCUT2D eigenvalue weighted by atomic mass is 9.99. The van der Waals surface area contributed by atoms with E-state index in [1.807, 2.05) is 6.92 Å². The molecule has 3 N–H and O–H groups in total. The Morgan fingerprint density at radius 3 is 2.87 bits per heavy atom. The van der Waals surface area contributed by atoms with Gasteiger partial charge in [-0.1, -0.05) is 12.1 Å². The number of carboxylic acids is 1. The lowest BCUT2D eigenvalue weighted by Gasteiger charge is -2.11. The lowest BCUT2D eigenvalue weighted by Crippen LogP contribution is -2.21. The number of carbonyl (C=O) groups is 1. The van der Waals surface area contributed by atoms with E-state index >= 15 is 0 Å². The number of rotatable bonds is 5. The van der Waals surface area contributed by atoms with Crippen molar-refractivity contribution in [2.75, 3.05) is 13.2 Å². The zero-order valence-corrected chi connectivity index (χ0v) is 8.64. The smallest absolute Gasteiger partial charge is 0.312 e. The van der Waals surface area contributed by atoms with Gasteiger partial charge in [0.25, 0.3) is 0 Å². The summed E-state index contributed by atoms with van der Waals surface area (Å²) < 4.78 is 5.29. The zero-order chi connectivity index (χ0) is 11.3. The van der Waals surface area contributed by atoms with Gasteiger partial charge in [0.05, 0.1) is 12.5 Å². The fraction of sp³-hybridized carbons (Fsp3) is 0.364. The summed E-state index contributed by atoms with van der Waals surface area (Å²) in [7, 11) is 0. The second-order valence-corrected chi connectivity index (χ2v) is 3.13. The summed E-state index contributed by atoms with van der Waals surface area (Å²) in [5.41, 5.74) is 6.08. The molecule has 0 aliphatic rings. The molecule has 0 fully saturated rings. The predicted molar refractivity (Wildman–Crippen MR) is 57.0 cm³/mol. The quantitative estimate of drug-likeness (QED) is 0.764. The van der Waals surface area contributed by atoms with Crippen molar-refractivity contribution in [1.29, 1.82) is 0 Å². The molecule has 1 aromatic rings. The van der Waals surface area contributed by atoms with Gasteiger partial charge in [0.1, 0.15) is 5.75 Å². The average Bonchev–Trinajstić information content (AvgIpc) is 2.19. The van der Waals surface area contributed by atoms with Gasteiger partial charge < -0.3 is 15.6 Å². The Balaban J connectivity index is 2.92. The molecule has 0 radical (unpaired) electrons. The van der Waals surface area contributed by atoms with Crippen LogP contribution in [0.3, 0.4) is 0 Å². The summed E-state index contributed by atoms with van der Waals surface area (Å²) >= 11 is 0. The minimum Gasteiger partial charge on any atom is -0.494 e. The molecule has 0 aliphatic carbocycles. The Kier molecular flexibility index (Phi) is 4.12. The van der Waals surface area contributed by atoms with Gasteiger partial charge in [0.15, 0.2) is 0 Å². The van der Waals surface area contributed by atoms with Crippen molar-refractivity contribution in [1.82, 2.24) is 0 Å². The number of ether oxygens (including phenoxy) is 1. The van der Waals surface area contributed by atoms with Gasteiger partial charge in [-0.15, -0.1) is 0 Å². The summed E-state index contributed by atoms with van der Waals surface area (Å²) in [6.45, 7) is 2.53. The SMILES string of the molecule is CCOc1cccc(C(CN)C(=O)O)c1. The first-order chi connectivity index (χ1) is 7.19. The monoisotopic (exact) mass is 209 g/mol. The van der Waals surface area contributed by atoms with Gasteiger partial charge in [0.2, 0.25) is 0 Å². The maximum Gasteiger partial charge on any atom is 0.312 e. The summed E-state index contributed by atoms with van der Waals surface area (Å²) in [5, 5.41) is 8.93. The third-order valence-electron chi connectivity index (χ3n) is 2.11. The van der Waals surface area contributed by atoms with E-state index in [1.54, 1.807) is 24.3 Å². The van der Waals surface area contributed by atoms with Crippen LogP contribution in [0, 0.1) is 0 Å². The Hall–Kier alpha value is -1.55. The fourth-order valence-electron chi connectivity index (χ4n) is 1.37. The van der Waals surface area contributed by atoms with Gasteiger partial charge >= 0.3 is 5.97 Å². The molecular weight excluding hydrogens is 194 g/mol. The standard InChI is InChI=1S/C11H15NO3/c1-2-15-9-5-3-4-8(6-9)10(7-12)11(13)14/h3-6,10H,2,7,12H2,1H3,(H,13,14). The van der Waals surface area contributed by atoms with Crippen molar-refractivity contribution in [3.63, 3.8) is 0 Å². The third-order valence-corrected chi connectivity index (χ3v) is 2.11. The third kappa shape index (κ3) is 2.95. The molecular formula is C11H15NO3. The normalized spacial score (nSPS) is 12.1. The molecule has 1 aromatic carbocycles. The Morgan fingerprint density at radius 2 is 2.33 bits per heavy atom. The van der Waals surface area contributed by atoms with Crippen LogP contribution in [0.4, 0.5) is 0 Å². The summed E-state index contributed by atoms with van der Waals surface area (Å²) in [6, 6.07) is 7.03. The molecule has 0 aliphatic heterocycles. The molecule has 82 valence electrons. The number of benzene rings is 1. The molecule has 0 saturated carbocycles. The first kappa shape index (κ1) is 11.5. The molecule has 0 amide bonds. The minimum absolute atomic E-state index is 0.0882. The van der Waals surface area contributed by atoms with E-state index in [1.165, 1.54) is 0 Å². The van der Waals surface area contributed by atoms with Gasteiger partial charge in [-0.3, -0.25) is 4.79 Å². The van der Waals surface area contributed by atoms with Crippen LogP contribution in [0.1, 0.15) is 18.4 Å². The van der Waals surface area contributed by atoms with E-state index in [4.69, 9.17) is 15.6 Å². The number of hydrogen-bond donors (Lipinski definition) is 2. The van der Waals surface area contributed by atoms with Crippen molar-refractivity contribution in [2.45, 2.75) is 12.8 Å². The molecule has 4 heteroatoms. The summed E-state index contributed by atoms with van der Waals surface area (Å²) in [4.78, 5) is 10.9. The second kappa shape index (κ2) is 5.36. The molecule has 15 heavy (non-hydrogen) atoms. The first-order valence-corrected chi connectivity index (χ1v) is 4.84. The van der Waals surface area contributed by atoms with Crippen LogP contribution in [0.25, 0.3) is 0 Å². The van der Waals surface area contributed by atoms with Gasteiger partial charge in [0, 0.05) is 6.54 Å². The predicted octanol–water partition coefficient (Wildman–Crippen LogP) is 1.21. The second-order valence-electron chi connectivity index (χ2n) is 3.13. The molecule has 0 aromatic heterocycles. The van der Waals surface area contributed by atoms with E-state index in [0.717, 1.165) is 0 Å². The molecule has 4 nitrogen and oxygen atoms in total. The van der Waals surface area contributed by atoms with Crippen LogP contribution >= 0.6 is 0 Å². The van der Waals surface area contributed by atoms with Crippen molar-refractivity contribution >= 4 is 5.97 Å². The van der Waals surface area contributed by atoms with Crippen LogP contribution in [0.15, 0.2) is 24.3 Å².